The van der Waals surface area contributed by atoms with Gasteiger partial charge in [0.25, 0.3) is 5.89 Å². The summed E-state index contributed by atoms with van der Waals surface area (Å²) < 4.78 is 17.3. The van der Waals surface area contributed by atoms with Gasteiger partial charge in [-0.2, -0.15) is 0 Å². The van der Waals surface area contributed by atoms with Gasteiger partial charge < -0.3 is 18.6 Å². The average Bonchev–Trinajstić information content (AvgIpc) is 3.59. The first-order chi connectivity index (χ1) is 17.3. The fourth-order valence-electron chi connectivity index (χ4n) is 5.40. The molecule has 1 amide bonds. The minimum atomic E-state index is -0.505. The van der Waals surface area contributed by atoms with Crippen LogP contribution in [0.15, 0.2) is 39.3 Å². The Morgan fingerprint density at radius 2 is 1.83 bits per heavy atom. The van der Waals surface area contributed by atoms with Gasteiger partial charge in [0.05, 0.1) is 12.6 Å². The summed E-state index contributed by atoms with van der Waals surface area (Å²) in [5.74, 6) is 1.60. The van der Waals surface area contributed by atoms with E-state index in [4.69, 9.17) is 13.7 Å². The molecule has 2 atom stereocenters. The number of nitrogens with zero attached hydrogens (tertiary/aromatic N) is 5. The number of carbonyl (C=O) groups excluding carboxylic acids is 1. The normalized spacial score (nSPS) is 21.2. The van der Waals surface area contributed by atoms with Crippen molar-refractivity contribution in [2.45, 2.75) is 84.0 Å². The standard InChI is InChI=1S/C27H35N5O4/c1-18-23(24(30-36-18)19-11-6-5-7-12-19)25-29-28-22(34-25)17-31-15-9-8-13-20(31)21-14-10-16-32(21)26(33)35-27(2,3)4/h5-7,11-12,20-21H,8-10,13-17H2,1-4H3. The number of aryl methyl sites for hydroxylation is 1. The number of amides is 1. The molecule has 9 heteroatoms. The van der Waals surface area contributed by atoms with Gasteiger partial charge in [-0.05, 0) is 59.9 Å². The molecule has 2 aliphatic heterocycles. The number of piperidine rings is 1. The van der Waals surface area contributed by atoms with Gasteiger partial charge in [-0.25, -0.2) is 4.79 Å². The van der Waals surface area contributed by atoms with E-state index in [1.54, 1.807) is 0 Å². The van der Waals surface area contributed by atoms with Crippen molar-refractivity contribution in [1.29, 1.82) is 0 Å². The molecule has 0 saturated carbocycles. The van der Waals surface area contributed by atoms with Crippen LogP contribution in [0.3, 0.4) is 0 Å². The molecule has 3 aromatic rings. The van der Waals surface area contributed by atoms with Crippen LogP contribution in [0, 0.1) is 6.92 Å². The van der Waals surface area contributed by atoms with Crippen molar-refractivity contribution in [3.63, 3.8) is 0 Å². The highest BCUT2D eigenvalue weighted by atomic mass is 16.6. The third kappa shape index (κ3) is 5.16. The lowest BCUT2D eigenvalue weighted by molar-refractivity contribution is 0.00540. The van der Waals surface area contributed by atoms with E-state index >= 15 is 0 Å². The first kappa shape index (κ1) is 24.5. The van der Waals surface area contributed by atoms with E-state index in [1.807, 2.05) is 62.9 Å². The number of ether oxygens (including phenoxy) is 1. The van der Waals surface area contributed by atoms with Gasteiger partial charge in [0.15, 0.2) is 0 Å². The minimum Gasteiger partial charge on any atom is -0.444 e. The van der Waals surface area contributed by atoms with Crippen molar-refractivity contribution in [2.75, 3.05) is 13.1 Å². The van der Waals surface area contributed by atoms with E-state index in [9.17, 15) is 4.79 Å². The Hall–Kier alpha value is -3.20. The van der Waals surface area contributed by atoms with Crippen LogP contribution in [0.25, 0.3) is 22.7 Å². The zero-order valence-corrected chi connectivity index (χ0v) is 21.6. The summed E-state index contributed by atoms with van der Waals surface area (Å²) in [7, 11) is 0. The summed E-state index contributed by atoms with van der Waals surface area (Å²) in [6.07, 6.45) is 5.05. The van der Waals surface area contributed by atoms with Gasteiger partial charge in [0.1, 0.15) is 22.6 Å². The maximum Gasteiger partial charge on any atom is 0.410 e. The number of aromatic nitrogens is 3. The largest absolute Gasteiger partial charge is 0.444 e. The van der Waals surface area contributed by atoms with Gasteiger partial charge in [-0.3, -0.25) is 4.90 Å². The predicted molar refractivity (Wildman–Crippen MR) is 134 cm³/mol. The van der Waals surface area contributed by atoms with Crippen LogP contribution in [0.5, 0.6) is 0 Å². The Morgan fingerprint density at radius 1 is 1.06 bits per heavy atom. The molecule has 2 aliphatic rings. The van der Waals surface area contributed by atoms with Crippen molar-refractivity contribution >= 4 is 6.09 Å². The van der Waals surface area contributed by atoms with E-state index in [2.05, 4.69) is 20.3 Å². The third-order valence-corrected chi connectivity index (χ3v) is 6.96. The fraction of sp³-hybridized carbons (Fsp3) is 0.556. The molecule has 2 fully saturated rings. The number of rotatable bonds is 5. The topological polar surface area (TPSA) is 97.7 Å². The molecule has 2 aromatic heterocycles. The smallest absolute Gasteiger partial charge is 0.410 e. The summed E-state index contributed by atoms with van der Waals surface area (Å²) >= 11 is 0. The van der Waals surface area contributed by atoms with Crippen LogP contribution in [0.2, 0.25) is 0 Å². The number of hydrogen-bond donors (Lipinski definition) is 0. The zero-order valence-electron chi connectivity index (χ0n) is 21.6. The second kappa shape index (κ2) is 10.0. The molecule has 9 nitrogen and oxygen atoms in total. The van der Waals surface area contributed by atoms with Gasteiger partial charge in [0.2, 0.25) is 5.89 Å². The van der Waals surface area contributed by atoms with Crippen molar-refractivity contribution < 1.29 is 18.5 Å². The Morgan fingerprint density at radius 3 is 2.61 bits per heavy atom. The Kier molecular flexibility index (Phi) is 6.83. The monoisotopic (exact) mass is 493 g/mol. The Labute approximate surface area is 211 Å². The SMILES string of the molecule is Cc1onc(-c2ccccc2)c1-c1nnc(CN2CCCCC2C2CCCN2C(=O)OC(C)(C)C)o1. The maximum atomic E-state index is 12.9. The highest BCUT2D eigenvalue weighted by molar-refractivity contribution is 5.77. The van der Waals surface area contributed by atoms with Crippen LogP contribution >= 0.6 is 0 Å². The van der Waals surface area contributed by atoms with Crippen LogP contribution in [-0.4, -0.2) is 62.0 Å². The molecule has 1 aromatic carbocycles. The first-order valence-electron chi connectivity index (χ1n) is 12.9. The average molecular weight is 494 g/mol. The molecule has 0 bridgehead atoms. The zero-order chi connectivity index (χ0) is 25.3. The molecule has 192 valence electrons. The van der Waals surface area contributed by atoms with Crippen LogP contribution in [0.4, 0.5) is 4.79 Å². The van der Waals surface area contributed by atoms with Crippen molar-refractivity contribution in [2.24, 2.45) is 0 Å². The predicted octanol–water partition coefficient (Wildman–Crippen LogP) is 5.45. The van der Waals surface area contributed by atoms with E-state index in [0.29, 0.717) is 29.8 Å². The lowest BCUT2D eigenvalue weighted by Gasteiger charge is -2.41. The maximum absolute atomic E-state index is 12.9. The molecular formula is C27H35N5O4. The van der Waals surface area contributed by atoms with E-state index in [0.717, 1.165) is 56.3 Å². The summed E-state index contributed by atoms with van der Waals surface area (Å²) in [6, 6.07) is 10.2. The number of carbonyl (C=O) groups is 1. The van der Waals surface area contributed by atoms with Crippen molar-refractivity contribution in [3.05, 3.63) is 42.0 Å². The first-order valence-corrected chi connectivity index (χ1v) is 12.9. The second-order valence-electron chi connectivity index (χ2n) is 10.7. The Balaban J connectivity index is 1.34. The molecule has 0 radical (unpaired) electrons. The van der Waals surface area contributed by atoms with Crippen molar-refractivity contribution in [3.8, 4) is 22.7 Å². The van der Waals surface area contributed by atoms with E-state index in [-0.39, 0.29) is 18.2 Å². The summed E-state index contributed by atoms with van der Waals surface area (Å²) in [5.41, 5.74) is 1.85. The molecule has 2 saturated heterocycles. The second-order valence-corrected chi connectivity index (χ2v) is 10.7. The van der Waals surface area contributed by atoms with Crippen LogP contribution < -0.4 is 0 Å². The lowest BCUT2D eigenvalue weighted by atomic mass is 9.94. The molecule has 0 aliphatic carbocycles. The summed E-state index contributed by atoms with van der Waals surface area (Å²) in [6.45, 7) is 9.81. The van der Waals surface area contributed by atoms with Gasteiger partial charge in [-0.1, -0.05) is 41.9 Å². The van der Waals surface area contributed by atoms with Gasteiger partial charge in [-0.15, -0.1) is 10.2 Å². The fourth-order valence-corrected chi connectivity index (χ4v) is 5.40. The third-order valence-electron chi connectivity index (χ3n) is 6.96. The molecule has 5 rings (SSSR count). The quantitative estimate of drug-likeness (QED) is 0.462. The number of likely N-dealkylation sites (tertiary alicyclic amines) is 2. The van der Waals surface area contributed by atoms with Crippen LogP contribution in [0.1, 0.15) is 64.5 Å². The molecular weight excluding hydrogens is 458 g/mol. The molecule has 4 heterocycles. The molecule has 2 unspecified atom stereocenters. The number of hydrogen-bond acceptors (Lipinski definition) is 8. The van der Waals surface area contributed by atoms with Gasteiger partial charge >= 0.3 is 6.09 Å². The van der Waals surface area contributed by atoms with Crippen molar-refractivity contribution in [1.82, 2.24) is 25.2 Å². The highest BCUT2D eigenvalue weighted by Gasteiger charge is 2.40. The van der Waals surface area contributed by atoms with Gasteiger partial charge in [0, 0.05) is 18.2 Å². The molecule has 0 N–H and O–H groups in total. The van der Waals surface area contributed by atoms with E-state index < -0.39 is 5.60 Å². The molecule has 0 spiro atoms. The molecule has 36 heavy (non-hydrogen) atoms. The van der Waals surface area contributed by atoms with Crippen LogP contribution in [-0.2, 0) is 11.3 Å². The summed E-state index contributed by atoms with van der Waals surface area (Å²) in [5, 5.41) is 13.0. The number of benzene rings is 1. The lowest BCUT2D eigenvalue weighted by Crippen LogP contribution is -2.53. The minimum absolute atomic E-state index is 0.132. The highest BCUT2D eigenvalue weighted by Crippen LogP contribution is 2.35. The van der Waals surface area contributed by atoms with E-state index in [1.165, 1.54) is 0 Å². The summed E-state index contributed by atoms with van der Waals surface area (Å²) in [4.78, 5) is 17.3. The Bertz CT molecular complexity index is 1180.